The molecule has 1 amide bonds. The normalized spacial score (nSPS) is 11.2. The molecule has 4 heteroatoms. The van der Waals surface area contributed by atoms with Gasteiger partial charge in [-0.25, -0.2) is 0 Å². The summed E-state index contributed by atoms with van der Waals surface area (Å²) in [5, 5.41) is 2.96. The first-order valence-electron chi connectivity index (χ1n) is 6.61. The summed E-state index contributed by atoms with van der Waals surface area (Å²) in [6.45, 7) is 4.96. The quantitative estimate of drug-likeness (QED) is 0.788. The van der Waals surface area contributed by atoms with Crippen LogP contribution in [0, 0.1) is 5.41 Å². The Morgan fingerprint density at radius 2 is 2.05 bits per heavy atom. The van der Waals surface area contributed by atoms with E-state index in [-0.39, 0.29) is 5.91 Å². The number of carbonyl (C=O) groups is 1. The molecule has 0 aliphatic carbocycles. The highest BCUT2D eigenvalue weighted by atomic mass is 16.5. The molecule has 0 aliphatic heterocycles. The molecule has 0 radical (unpaired) electrons. The van der Waals surface area contributed by atoms with Crippen LogP contribution in [0.25, 0.3) is 0 Å². The third-order valence-corrected chi connectivity index (χ3v) is 3.26. The molecule has 3 N–H and O–H groups in total. The Balaban J connectivity index is 2.48. The van der Waals surface area contributed by atoms with Gasteiger partial charge in [-0.2, -0.15) is 0 Å². The lowest BCUT2D eigenvalue weighted by Crippen LogP contribution is -2.39. The number of ether oxygens (including phenoxy) is 1. The van der Waals surface area contributed by atoms with Crippen molar-refractivity contribution in [2.24, 2.45) is 11.1 Å². The molecule has 0 spiro atoms. The Morgan fingerprint density at radius 1 is 1.37 bits per heavy atom. The summed E-state index contributed by atoms with van der Waals surface area (Å²) in [5.74, 6) is 0.908. The molecular formula is C15H24N2O2. The summed E-state index contributed by atoms with van der Waals surface area (Å²) in [5.41, 5.74) is 6.21. The summed E-state index contributed by atoms with van der Waals surface area (Å²) < 4.78 is 5.28. The van der Waals surface area contributed by atoms with Crippen molar-refractivity contribution in [1.82, 2.24) is 5.32 Å². The van der Waals surface area contributed by atoms with Gasteiger partial charge in [0.25, 0.3) is 0 Å². The molecule has 0 heterocycles. The Morgan fingerprint density at radius 3 is 2.68 bits per heavy atom. The molecule has 1 aromatic carbocycles. The first-order valence-corrected chi connectivity index (χ1v) is 6.61. The fourth-order valence-corrected chi connectivity index (χ4v) is 1.93. The number of para-hydroxylation sites is 1. The molecular weight excluding hydrogens is 240 g/mol. The molecule has 0 bridgehead atoms. The van der Waals surface area contributed by atoms with Crippen LogP contribution in [-0.4, -0.2) is 26.1 Å². The van der Waals surface area contributed by atoms with Crippen LogP contribution in [0.4, 0.5) is 0 Å². The van der Waals surface area contributed by atoms with Gasteiger partial charge >= 0.3 is 0 Å². The molecule has 0 aliphatic rings. The monoisotopic (exact) mass is 264 g/mol. The van der Waals surface area contributed by atoms with E-state index in [2.05, 4.69) is 5.32 Å². The zero-order valence-electron chi connectivity index (χ0n) is 12.0. The fraction of sp³-hybridized carbons (Fsp3) is 0.533. The number of nitrogens with one attached hydrogen (secondary N) is 1. The maximum Gasteiger partial charge on any atom is 0.225 e. The molecule has 0 fully saturated rings. The van der Waals surface area contributed by atoms with Gasteiger partial charge in [-0.1, -0.05) is 32.0 Å². The second kappa shape index (κ2) is 7.14. The predicted octanol–water partition coefficient (Wildman–Crippen LogP) is 1.73. The van der Waals surface area contributed by atoms with Crippen molar-refractivity contribution in [3.8, 4) is 5.75 Å². The summed E-state index contributed by atoms with van der Waals surface area (Å²) in [7, 11) is 1.65. The van der Waals surface area contributed by atoms with Crippen molar-refractivity contribution in [3.63, 3.8) is 0 Å². The number of rotatable bonds is 7. The van der Waals surface area contributed by atoms with Crippen molar-refractivity contribution in [3.05, 3.63) is 29.8 Å². The highest BCUT2D eigenvalue weighted by Gasteiger charge is 2.25. The molecule has 19 heavy (non-hydrogen) atoms. The van der Waals surface area contributed by atoms with Gasteiger partial charge < -0.3 is 15.8 Å². The van der Waals surface area contributed by atoms with Crippen LogP contribution in [-0.2, 0) is 11.2 Å². The molecule has 0 aromatic heterocycles. The summed E-state index contributed by atoms with van der Waals surface area (Å²) in [6, 6.07) is 7.84. The summed E-state index contributed by atoms with van der Waals surface area (Å²) >= 11 is 0. The number of hydrogen-bond donors (Lipinski definition) is 2. The molecule has 1 rings (SSSR count). The van der Waals surface area contributed by atoms with Gasteiger partial charge in [0.05, 0.1) is 7.11 Å². The van der Waals surface area contributed by atoms with E-state index in [0.717, 1.165) is 17.7 Å². The van der Waals surface area contributed by atoms with E-state index in [1.54, 1.807) is 7.11 Å². The van der Waals surface area contributed by atoms with E-state index in [1.807, 2.05) is 38.1 Å². The van der Waals surface area contributed by atoms with Gasteiger partial charge in [-0.05, 0) is 31.0 Å². The molecule has 4 nitrogen and oxygen atoms in total. The minimum Gasteiger partial charge on any atom is -0.496 e. The minimum atomic E-state index is -0.407. The van der Waals surface area contributed by atoms with Crippen LogP contribution in [0.3, 0.4) is 0 Å². The lowest BCUT2D eigenvalue weighted by Gasteiger charge is -2.22. The van der Waals surface area contributed by atoms with Gasteiger partial charge in [-0.15, -0.1) is 0 Å². The number of benzene rings is 1. The van der Waals surface area contributed by atoms with Gasteiger partial charge in [0, 0.05) is 12.0 Å². The van der Waals surface area contributed by atoms with E-state index in [9.17, 15) is 4.79 Å². The molecule has 106 valence electrons. The molecule has 0 atom stereocenters. The van der Waals surface area contributed by atoms with E-state index >= 15 is 0 Å². The zero-order valence-corrected chi connectivity index (χ0v) is 12.0. The largest absolute Gasteiger partial charge is 0.496 e. The van der Waals surface area contributed by atoms with Crippen molar-refractivity contribution in [1.29, 1.82) is 0 Å². The van der Waals surface area contributed by atoms with Crippen molar-refractivity contribution in [2.75, 3.05) is 20.2 Å². The first-order chi connectivity index (χ1) is 9.01. The lowest BCUT2D eigenvalue weighted by atomic mass is 9.88. The average molecular weight is 264 g/mol. The third-order valence-electron chi connectivity index (χ3n) is 3.26. The van der Waals surface area contributed by atoms with Crippen LogP contribution >= 0.6 is 0 Å². The Bertz CT molecular complexity index is 416. The Kier molecular flexibility index (Phi) is 5.83. The van der Waals surface area contributed by atoms with E-state index in [1.165, 1.54) is 0 Å². The van der Waals surface area contributed by atoms with Crippen LogP contribution in [0.2, 0.25) is 0 Å². The lowest BCUT2D eigenvalue weighted by molar-refractivity contribution is -0.129. The molecule has 0 saturated carbocycles. The smallest absolute Gasteiger partial charge is 0.225 e. The maximum atomic E-state index is 12.0. The molecule has 0 saturated heterocycles. The van der Waals surface area contributed by atoms with Crippen LogP contribution < -0.4 is 15.8 Å². The van der Waals surface area contributed by atoms with E-state index in [0.29, 0.717) is 19.5 Å². The van der Waals surface area contributed by atoms with E-state index in [4.69, 9.17) is 10.5 Å². The Labute approximate surface area is 115 Å². The molecule has 1 aromatic rings. The predicted molar refractivity (Wildman–Crippen MR) is 77.2 cm³/mol. The van der Waals surface area contributed by atoms with E-state index < -0.39 is 5.41 Å². The zero-order chi connectivity index (χ0) is 14.3. The average Bonchev–Trinajstić information content (AvgIpc) is 2.39. The standard InChI is InChI=1S/C15H24N2O2/c1-15(2,9-10-16)14(18)17-11-8-12-6-4-5-7-13(12)19-3/h4-7H,8-11,16H2,1-3H3,(H,17,18). The van der Waals surface area contributed by atoms with Gasteiger partial charge in [0.15, 0.2) is 0 Å². The highest BCUT2D eigenvalue weighted by molar-refractivity contribution is 5.81. The van der Waals surface area contributed by atoms with Crippen molar-refractivity contribution < 1.29 is 9.53 Å². The van der Waals surface area contributed by atoms with Crippen LogP contribution in [0.1, 0.15) is 25.8 Å². The second-order valence-electron chi connectivity index (χ2n) is 5.24. The second-order valence-corrected chi connectivity index (χ2v) is 5.24. The van der Waals surface area contributed by atoms with Crippen LogP contribution in [0.5, 0.6) is 5.75 Å². The third kappa shape index (κ3) is 4.56. The minimum absolute atomic E-state index is 0.0489. The molecule has 0 unspecified atom stereocenters. The van der Waals surface area contributed by atoms with Gasteiger partial charge in [-0.3, -0.25) is 4.79 Å². The SMILES string of the molecule is COc1ccccc1CCNC(=O)C(C)(C)CCN. The van der Waals surface area contributed by atoms with Gasteiger partial charge in [0.1, 0.15) is 5.75 Å². The number of amides is 1. The summed E-state index contributed by atoms with van der Waals surface area (Å²) in [4.78, 5) is 12.0. The Hall–Kier alpha value is -1.55. The number of carbonyl (C=O) groups excluding carboxylic acids is 1. The maximum absolute atomic E-state index is 12.0. The summed E-state index contributed by atoms with van der Waals surface area (Å²) in [6.07, 6.45) is 1.45. The van der Waals surface area contributed by atoms with Gasteiger partial charge in [0.2, 0.25) is 5.91 Å². The number of methoxy groups -OCH3 is 1. The number of hydrogen-bond acceptors (Lipinski definition) is 3. The van der Waals surface area contributed by atoms with Crippen molar-refractivity contribution >= 4 is 5.91 Å². The number of nitrogens with two attached hydrogens (primary N) is 1. The topological polar surface area (TPSA) is 64.3 Å². The van der Waals surface area contributed by atoms with Crippen molar-refractivity contribution in [2.45, 2.75) is 26.7 Å². The fourth-order valence-electron chi connectivity index (χ4n) is 1.93. The van der Waals surface area contributed by atoms with Crippen LogP contribution in [0.15, 0.2) is 24.3 Å². The first kappa shape index (κ1) is 15.5. The highest BCUT2D eigenvalue weighted by Crippen LogP contribution is 2.20.